The summed E-state index contributed by atoms with van der Waals surface area (Å²) in [4.78, 5) is 44.3. The Bertz CT molecular complexity index is 1690. The quantitative estimate of drug-likeness (QED) is 0.325. The Labute approximate surface area is 284 Å². The van der Waals surface area contributed by atoms with E-state index in [4.69, 9.17) is 30.9 Å². The minimum absolute atomic E-state index is 0.0580. The summed E-state index contributed by atoms with van der Waals surface area (Å²) in [6.45, 7) is 12.7. The smallest absolute Gasteiger partial charge is 0.410 e. The molecule has 0 spiro atoms. The Morgan fingerprint density at radius 1 is 0.833 bits per heavy atom. The van der Waals surface area contributed by atoms with Crippen LogP contribution in [0, 0.1) is 5.82 Å². The molecule has 2 amide bonds. The third-order valence-electron chi connectivity index (χ3n) is 6.60. The highest BCUT2D eigenvalue weighted by atomic mass is 35.5. The summed E-state index contributed by atoms with van der Waals surface area (Å²) in [7, 11) is 0. The number of hydrogen-bond acceptors (Lipinski definition) is 10. The molecule has 0 fully saturated rings. The van der Waals surface area contributed by atoms with Crippen molar-refractivity contribution in [2.24, 2.45) is 0 Å². The first-order chi connectivity index (χ1) is 22.6. The monoisotopic (exact) mass is 682 g/mol. The molecule has 2 aliphatic rings. The molecule has 0 atom stereocenters. The average molecular weight is 683 g/mol. The molecular formula is C34H40ClFN6O6. The lowest BCUT2D eigenvalue weighted by molar-refractivity contribution is 0.0295. The average Bonchev–Trinajstić information content (AvgIpc) is 3.71. The van der Waals surface area contributed by atoms with Crippen molar-refractivity contribution < 1.29 is 33.3 Å². The van der Waals surface area contributed by atoms with Gasteiger partial charge in [-0.3, -0.25) is 9.97 Å². The summed E-state index contributed by atoms with van der Waals surface area (Å²) in [5.74, 6) is -0.448. The molecule has 256 valence electrons. The van der Waals surface area contributed by atoms with E-state index in [2.05, 4.69) is 19.9 Å². The molecule has 12 nitrogen and oxygen atoms in total. The lowest BCUT2D eigenvalue weighted by Crippen LogP contribution is -2.35. The van der Waals surface area contributed by atoms with E-state index in [9.17, 15) is 14.0 Å². The molecule has 1 aromatic carbocycles. The summed E-state index contributed by atoms with van der Waals surface area (Å²) in [5.41, 5.74) is 3.12. The van der Waals surface area contributed by atoms with E-state index < -0.39 is 17.0 Å². The van der Waals surface area contributed by atoms with Crippen molar-refractivity contribution >= 4 is 34.9 Å². The van der Waals surface area contributed by atoms with E-state index in [0.29, 0.717) is 54.0 Å². The maximum absolute atomic E-state index is 13.8. The maximum atomic E-state index is 13.8. The van der Waals surface area contributed by atoms with E-state index in [1.807, 2.05) is 53.7 Å². The third-order valence-corrected chi connectivity index (χ3v) is 6.84. The number of benzene rings is 1. The molecule has 14 heteroatoms. The van der Waals surface area contributed by atoms with Crippen molar-refractivity contribution in [2.45, 2.75) is 66.0 Å². The fourth-order valence-corrected chi connectivity index (χ4v) is 4.58. The number of ether oxygens (including phenoxy) is 3. The summed E-state index contributed by atoms with van der Waals surface area (Å²) in [6, 6.07) is 4.21. The molecule has 1 N–H and O–H groups in total. The van der Waals surface area contributed by atoms with Crippen molar-refractivity contribution in [2.75, 3.05) is 26.2 Å². The predicted molar refractivity (Wildman–Crippen MR) is 177 cm³/mol. The maximum Gasteiger partial charge on any atom is 0.410 e. The van der Waals surface area contributed by atoms with Crippen LogP contribution < -0.4 is 4.74 Å². The van der Waals surface area contributed by atoms with Crippen LogP contribution in [0.25, 0.3) is 11.1 Å². The van der Waals surface area contributed by atoms with Gasteiger partial charge < -0.3 is 29.1 Å². The number of nitrogens with zero attached hydrogens (tertiary/aromatic N) is 6. The highest BCUT2D eigenvalue weighted by molar-refractivity contribution is 6.30. The number of carbonyl (C=O) groups excluding carboxylic acids is 2. The molecule has 5 rings (SSSR count). The third kappa shape index (κ3) is 10.7. The second kappa shape index (κ2) is 15.5. The number of halogens is 2. The summed E-state index contributed by atoms with van der Waals surface area (Å²) < 4.78 is 30.0. The van der Waals surface area contributed by atoms with Crippen molar-refractivity contribution in [3.8, 4) is 5.75 Å². The van der Waals surface area contributed by atoms with Crippen LogP contribution >= 0.6 is 11.6 Å². The van der Waals surface area contributed by atoms with Crippen LogP contribution in [0.1, 0.15) is 64.3 Å². The fraction of sp³-hybridized carbons (Fsp3) is 0.412. The van der Waals surface area contributed by atoms with Crippen LogP contribution in [-0.2, 0) is 22.7 Å². The molecule has 0 radical (unpaired) electrons. The van der Waals surface area contributed by atoms with Gasteiger partial charge in [-0.1, -0.05) is 23.8 Å². The van der Waals surface area contributed by atoms with Gasteiger partial charge in [0.2, 0.25) is 0 Å². The molecule has 2 aliphatic heterocycles. The normalized spacial score (nSPS) is 14.5. The van der Waals surface area contributed by atoms with Gasteiger partial charge in [0.25, 0.3) is 0 Å². The highest BCUT2D eigenvalue weighted by Gasteiger charge is 2.27. The van der Waals surface area contributed by atoms with E-state index >= 15 is 0 Å². The van der Waals surface area contributed by atoms with E-state index in [1.165, 1.54) is 18.3 Å². The molecular weight excluding hydrogens is 643 g/mol. The SMILES string of the molecule is CC(C)(C)OC(=O)N1CC=C(c2cncc(CO)n2)C1.CC(C)(C)OC(=O)N1CC=C(c2cncc(COc3ccc(Cl)cc3F)n2)C1. The molecule has 0 saturated carbocycles. The first-order valence-electron chi connectivity index (χ1n) is 15.3. The van der Waals surface area contributed by atoms with Crippen molar-refractivity contribution in [1.29, 1.82) is 0 Å². The first kappa shape index (κ1) is 36.2. The van der Waals surface area contributed by atoms with Crippen LogP contribution in [0.5, 0.6) is 5.75 Å². The molecule has 2 aromatic heterocycles. The molecule has 0 bridgehead atoms. The highest BCUT2D eigenvalue weighted by Crippen LogP contribution is 2.24. The van der Waals surface area contributed by atoms with Gasteiger partial charge in [0, 0.05) is 18.1 Å². The molecule has 4 heterocycles. The molecule has 0 saturated heterocycles. The lowest BCUT2D eigenvalue weighted by Gasteiger charge is -2.24. The van der Waals surface area contributed by atoms with E-state index in [0.717, 1.165) is 11.1 Å². The minimum Gasteiger partial charge on any atom is -0.484 e. The van der Waals surface area contributed by atoms with Gasteiger partial charge >= 0.3 is 12.2 Å². The Balaban J connectivity index is 0.000000229. The van der Waals surface area contributed by atoms with E-state index in [-0.39, 0.29) is 31.1 Å². The van der Waals surface area contributed by atoms with E-state index in [1.54, 1.807) is 34.5 Å². The number of aliphatic hydroxyl groups is 1. The van der Waals surface area contributed by atoms with Gasteiger partial charge in [-0.25, -0.2) is 23.9 Å². The first-order valence-corrected chi connectivity index (χ1v) is 15.6. The van der Waals surface area contributed by atoms with Crippen LogP contribution in [0.3, 0.4) is 0 Å². The number of rotatable bonds is 6. The number of carbonyl (C=O) groups is 2. The Kier molecular flexibility index (Phi) is 11.7. The van der Waals surface area contributed by atoms with Gasteiger partial charge in [-0.15, -0.1) is 0 Å². The lowest BCUT2D eigenvalue weighted by atomic mass is 10.2. The zero-order valence-corrected chi connectivity index (χ0v) is 28.6. The summed E-state index contributed by atoms with van der Waals surface area (Å²) >= 11 is 5.74. The Morgan fingerprint density at radius 3 is 1.81 bits per heavy atom. The Hall–Kier alpha value is -4.62. The zero-order chi connectivity index (χ0) is 35.1. The van der Waals surface area contributed by atoms with Crippen LogP contribution in [0.4, 0.5) is 14.0 Å². The van der Waals surface area contributed by atoms with Crippen molar-refractivity contribution in [3.63, 3.8) is 0 Å². The van der Waals surface area contributed by atoms with Gasteiger partial charge in [0.1, 0.15) is 17.8 Å². The number of aromatic nitrogens is 4. The molecule has 3 aromatic rings. The van der Waals surface area contributed by atoms with Crippen LogP contribution in [0.2, 0.25) is 5.02 Å². The number of hydrogen-bond donors (Lipinski definition) is 1. The van der Waals surface area contributed by atoms with Gasteiger partial charge in [-0.2, -0.15) is 0 Å². The van der Waals surface area contributed by atoms with Gasteiger partial charge in [0.15, 0.2) is 11.6 Å². The van der Waals surface area contributed by atoms with Gasteiger partial charge in [-0.05, 0) is 70.9 Å². The van der Waals surface area contributed by atoms with Crippen LogP contribution in [-0.4, -0.2) is 84.4 Å². The molecule has 48 heavy (non-hydrogen) atoms. The second-order valence-corrected chi connectivity index (χ2v) is 13.4. The Morgan fingerprint density at radius 2 is 1.33 bits per heavy atom. The molecule has 0 aliphatic carbocycles. The largest absolute Gasteiger partial charge is 0.484 e. The fourth-order valence-electron chi connectivity index (χ4n) is 4.42. The number of aliphatic hydroxyl groups excluding tert-OH is 1. The number of amides is 2. The summed E-state index contributed by atoms with van der Waals surface area (Å²) in [5, 5.41) is 9.37. The topological polar surface area (TPSA) is 140 Å². The standard InChI is InChI=1S/C20H21ClFN3O3.C14H19N3O3/c1-20(2,3)28-19(26)25-7-6-13(11-25)17-10-23-9-15(24-17)12-27-18-5-4-14(21)8-16(18)22;1-14(2,3)20-13(19)17-5-4-10(8-17)12-7-15-6-11(9-18)16-12/h4-6,8-10H,7,11-12H2,1-3H3;4,6-7,18H,5,8-9H2,1-3H3. The van der Waals surface area contributed by atoms with Crippen molar-refractivity contribution in [3.05, 3.63) is 88.8 Å². The molecule has 0 unspecified atom stereocenters. The minimum atomic E-state index is -0.548. The van der Waals surface area contributed by atoms with Crippen molar-refractivity contribution in [1.82, 2.24) is 29.7 Å². The second-order valence-electron chi connectivity index (χ2n) is 13.0. The summed E-state index contributed by atoms with van der Waals surface area (Å²) in [6.07, 6.45) is 9.45. The van der Waals surface area contributed by atoms with Gasteiger partial charge in [0.05, 0.1) is 67.3 Å². The zero-order valence-electron chi connectivity index (χ0n) is 27.9. The van der Waals surface area contributed by atoms with Crippen LogP contribution in [0.15, 0.2) is 55.1 Å². The predicted octanol–water partition coefficient (Wildman–Crippen LogP) is 6.09.